The van der Waals surface area contributed by atoms with Crippen LogP contribution in [-0.2, 0) is 21.7 Å². The Labute approximate surface area is 174 Å². The summed E-state index contributed by atoms with van der Waals surface area (Å²) in [4.78, 5) is 13.0. The highest BCUT2D eigenvalue weighted by Crippen LogP contribution is 2.46. The second-order valence-electron chi connectivity index (χ2n) is 7.49. The van der Waals surface area contributed by atoms with Crippen LogP contribution in [0.1, 0.15) is 22.3 Å². The molecule has 0 amide bonds. The molecular weight excluding hydrogens is 380 g/mol. The molecule has 0 aromatic heterocycles. The van der Waals surface area contributed by atoms with Gasteiger partial charge in [0.25, 0.3) is 5.79 Å². The van der Waals surface area contributed by atoms with Crippen molar-refractivity contribution in [3.05, 3.63) is 101 Å². The number of fused-ring (bicyclic) bond motifs is 1. The van der Waals surface area contributed by atoms with Gasteiger partial charge in [-0.3, -0.25) is 0 Å². The number of ether oxygens (including phenoxy) is 3. The van der Waals surface area contributed by atoms with Crippen molar-refractivity contribution in [1.29, 1.82) is 0 Å². The SMILES string of the molecule is Cc1cccc(C2(O)OC(=O)C(c3ccc4c(c3)OCO4)=C2Cc2ccccc2)c1. The molecule has 0 saturated carbocycles. The van der Waals surface area contributed by atoms with Gasteiger partial charge in [-0.1, -0.05) is 60.2 Å². The van der Waals surface area contributed by atoms with Crippen LogP contribution in [0, 0.1) is 6.92 Å². The predicted octanol–water partition coefficient (Wildman–Crippen LogP) is 4.12. The molecule has 3 aromatic carbocycles. The summed E-state index contributed by atoms with van der Waals surface area (Å²) in [6.45, 7) is 2.08. The van der Waals surface area contributed by atoms with Crippen LogP contribution >= 0.6 is 0 Å². The Morgan fingerprint density at radius 1 is 0.933 bits per heavy atom. The number of rotatable bonds is 4. The number of hydrogen-bond donors (Lipinski definition) is 1. The zero-order valence-corrected chi connectivity index (χ0v) is 16.4. The van der Waals surface area contributed by atoms with Crippen LogP contribution in [0.3, 0.4) is 0 Å². The fourth-order valence-electron chi connectivity index (χ4n) is 3.98. The first-order valence-corrected chi connectivity index (χ1v) is 9.75. The van der Waals surface area contributed by atoms with Gasteiger partial charge in [0, 0.05) is 17.6 Å². The Morgan fingerprint density at radius 3 is 2.53 bits per heavy atom. The lowest BCUT2D eigenvalue weighted by atomic mass is 9.87. The molecule has 0 spiro atoms. The van der Waals surface area contributed by atoms with Crippen molar-refractivity contribution in [3.8, 4) is 11.5 Å². The van der Waals surface area contributed by atoms with Crippen LogP contribution in [0.5, 0.6) is 11.5 Å². The van der Waals surface area contributed by atoms with Crippen molar-refractivity contribution in [1.82, 2.24) is 0 Å². The molecule has 1 atom stereocenters. The average molecular weight is 400 g/mol. The van der Waals surface area contributed by atoms with Gasteiger partial charge in [-0.05, 0) is 36.2 Å². The molecule has 0 bridgehead atoms. The Kier molecular flexibility index (Phi) is 4.33. The zero-order chi connectivity index (χ0) is 20.7. The van der Waals surface area contributed by atoms with Gasteiger partial charge in [0.05, 0.1) is 5.57 Å². The summed E-state index contributed by atoms with van der Waals surface area (Å²) in [6, 6.07) is 22.4. The van der Waals surface area contributed by atoms with E-state index >= 15 is 0 Å². The Morgan fingerprint density at radius 2 is 1.73 bits per heavy atom. The second kappa shape index (κ2) is 7.04. The third kappa shape index (κ3) is 3.04. The van der Waals surface area contributed by atoms with E-state index in [2.05, 4.69) is 0 Å². The molecule has 1 N–H and O–H groups in total. The van der Waals surface area contributed by atoms with Gasteiger partial charge in [0.1, 0.15) is 0 Å². The maximum atomic E-state index is 13.0. The number of aliphatic hydroxyl groups is 1. The first-order chi connectivity index (χ1) is 14.5. The standard InChI is InChI=1S/C25H20O5/c1-16-6-5-9-19(12-16)25(27)20(13-17-7-3-2-4-8-17)23(24(26)30-25)18-10-11-21-22(14-18)29-15-28-21/h2-12,14,27H,13,15H2,1H3. The first-order valence-electron chi connectivity index (χ1n) is 9.75. The number of esters is 1. The fraction of sp³-hybridized carbons (Fsp3) is 0.160. The summed E-state index contributed by atoms with van der Waals surface area (Å²) in [5.41, 5.74) is 3.93. The van der Waals surface area contributed by atoms with Crippen LogP contribution in [0.15, 0.2) is 78.4 Å². The summed E-state index contributed by atoms with van der Waals surface area (Å²) in [6.07, 6.45) is 0.362. The molecule has 150 valence electrons. The molecule has 5 heteroatoms. The molecule has 0 aliphatic carbocycles. The van der Waals surface area contributed by atoms with Crippen LogP contribution in [0.4, 0.5) is 0 Å². The topological polar surface area (TPSA) is 65.0 Å². The minimum Gasteiger partial charge on any atom is -0.454 e. The molecule has 5 rings (SSSR count). The normalized spacial score (nSPS) is 19.9. The number of hydrogen-bond acceptors (Lipinski definition) is 5. The van der Waals surface area contributed by atoms with Crippen molar-refractivity contribution in [2.24, 2.45) is 0 Å². The van der Waals surface area contributed by atoms with E-state index < -0.39 is 11.8 Å². The third-order valence-corrected chi connectivity index (χ3v) is 5.45. The van der Waals surface area contributed by atoms with Crippen molar-refractivity contribution >= 4 is 11.5 Å². The van der Waals surface area contributed by atoms with E-state index in [4.69, 9.17) is 14.2 Å². The number of carbonyl (C=O) groups excluding carboxylic acids is 1. The molecule has 5 nitrogen and oxygen atoms in total. The minimum absolute atomic E-state index is 0.145. The van der Waals surface area contributed by atoms with Crippen LogP contribution in [-0.4, -0.2) is 17.9 Å². The molecule has 2 aliphatic heterocycles. The highest BCUT2D eigenvalue weighted by atomic mass is 16.7. The number of cyclic esters (lactones) is 1. The van der Waals surface area contributed by atoms with E-state index in [0.717, 1.165) is 11.1 Å². The van der Waals surface area contributed by atoms with Crippen LogP contribution in [0.25, 0.3) is 5.57 Å². The molecular formula is C25H20O5. The largest absolute Gasteiger partial charge is 0.454 e. The average Bonchev–Trinajstić information content (AvgIpc) is 3.31. The highest BCUT2D eigenvalue weighted by Gasteiger charge is 2.48. The molecule has 1 unspecified atom stereocenters. The molecule has 30 heavy (non-hydrogen) atoms. The molecule has 0 radical (unpaired) electrons. The van der Waals surface area contributed by atoms with Gasteiger partial charge < -0.3 is 19.3 Å². The summed E-state index contributed by atoms with van der Waals surface area (Å²) in [5.74, 6) is -1.21. The Bertz CT molecular complexity index is 1170. The van der Waals surface area contributed by atoms with E-state index in [-0.39, 0.29) is 6.79 Å². The van der Waals surface area contributed by atoms with Gasteiger partial charge in [-0.2, -0.15) is 0 Å². The van der Waals surface area contributed by atoms with Crippen LogP contribution in [0.2, 0.25) is 0 Å². The quantitative estimate of drug-likeness (QED) is 0.668. The summed E-state index contributed by atoms with van der Waals surface area (Å²) in [7, 11) is 0. The van der Waals surface area contributed by atoms with Gasteiger partial charge in [-0.15, -0.1) is 0 Å². The first kappa shape index (κ1) is 18.5. The van der Waals surface area contributed by atoms with E-state index in [0.29, 0.717) is 40.2 Å². The summed E-state index contributed by atoms with van der Waals surface area (Å²) in [5, 5.41) is 11.6. The van der Waals surface area contributed by atoms with Crippen LogP contribution < -0.4 is 9.47 Å². The smallest absolute Gasteiger partial charge is 0.342 e. The Hall–Kier alpha value is -3.57. The minimum atomic E-state index is -1.84. The maximum absolute atomic E-state index is 13.0. The van der Waals surface area contributed by atoms with Gasteiger partial charge in [0.2, 0.25) is 6.79 Å². The zero-order valence-electron chi connectivity index (χ0n) is 16.4. The van der Waals surface area contributed by atoms with E-state index in [1.165, 1.54) is 0 Å². The van der Waals surface area contributed by atoms with Gasteiger partial charge in [0.15, 0.2) is 11.5 Å². The Balaban J connectivity index is 1.70. The lowest BCUT2D eigenvalue weighted by molar-refractivity contribution is -0.185. The number of aryl methyl sites for hydroxylation is 1. The second-order valence-corrected chi connectivity index (χ2v) is 7.49. The highest BCUT2D eigenvalue weighted by molar-refractivity contribution is 6.20. The van der Waals surface area contributed by atoms with Crippen molar-refractivity contribution in [2.75, 3.05) is 6.79 Å². The maximum Gasteiger partial charge on any atom is 0.342 e. The summed E-state index contributed by atoms with van der Waals surface area (Å²) < 4.78 is 16.5. The third-order valence-electron chi connectivity index (χ3n) is 5.45. The number of carbonyl (C=O) groups is 1. The van der Waals surface area contributed by atoms with Crippen molar-refractivity contribution in [2.45, 2.75) is 19.1 Å². The monoisotopic (exact) mass is 400 g/mol. The van der Waals surface area contributed by atoms with E-state index in [9.17, 15) is 9.90 Å². The molecule has 2 heterocycles. The molecule has 3 aromatic rings. The summed E-state index contributed by atoms with van der Waals surface area (Å²) >= 11 is 0. The molecule has 0 saturated heterocycles. The van der Waals surface area contributed by atoms with Crippen molar-refractivity contribution in [3.63, 3.8) is 0 Å². The van der Waals surface area contributed by atoms with Crippen molar-refractivity contribution < 1.29 is 24.1 Å². The fourth-order valence-corrected chi connectivity index (χ4v) is 3.98. The lowest BCUT2D eigenvalue weighted by Gasteiger charge is -2.26. The van der Waals surface area contributed by atoms with Gasteiger partial charge >= 0.3 is 5.97 Å². The van der Waals surface area contributed by atoms with Gasteiger partial charge in [-0.25, -0.2) is 4.79 Å². The molecule has 2 aliphatic rings. The van der Waals surface area contributed by atoms with E-state index in [1.807, 2.05) is 55.5 Å². The predicted molar refractivity (Wildman–Crippen MR) is 111 cm³/mol. The molecule has 0 fully saturated rings. The van der Waals surface area contributed by atoms with E-state index in [1.54, 1.807) is 24.3 Å². The lowest BCUT2D eigenvalue weighted by Crippen LogP contribution is -2.29. The number of benzene rings is 3.